The second kappa shape index (κ2) is 4.94. The average molecular weight is 215 g/mol. The van der Waals surface area contributed by atoms with E-state index in [2.05, 4.69) is 12.2 Å². The third-order valence-electron chi connectivity index (χ3n) is 2.79. The normalized spacial score (nSPS) is 26.7. The highest BCUT2D eigenvalue weighted by Crippen LogP contribution is 2.19. The minimum Gasteiger partial charge on any atom is -0.468 e. The second-order valence-electron chi connectivity index (χ2n) is 4.64. The highest BCUT2D eigenvalue weighted by atomic mass is 16.5. The van der Waals surface area contributed by atoms with Crippen molar-refractivity contribution in [2.75, 3.05) is 13.7 Å². The number of hydrogen-bond acceptors (Lipinski definition) is 4. The van der Waals surface area contributed by atoms with Crippen molar-refractivity contribution in [3.05, 3.63) is 0 Å². The number of esters is 1. The predicted octanol–water partition coefficient (Wildman–Crippen LogP) is 1.10. The van der Waals surface area contributed by atoms with Crippen molar-refractivity contribution in [1.82, 2.24) is 5.32 Å². The molecule has 1 aliphatic rings. The number of hydrogen-bond donors (Lipinski definition) is 1. The van der Waals surface area contributed by atoms with E-state index < -0.39 is 5.54 Å². The molecule has 0 aliphatic carbocycles. The average Bonchev–Trinajstić information content (AvgIpc) is 2.60. The molecule has 1 aliphatic heterocycles. The minimum atomic E-state index is -0.635. The Hall–Kier alpha value is -0.610. The molecule has 1 saturated heterocycles. The summed E-state index contributed by atoms with van der Waals surface area (Å²) >= 11 is 0. The number of carbonyl (C=O) groups is 1. The third-order valence-corrected chi connectivity index (χ3v) is 2.79. The molecular formula is C11H21NO3. The van der Waals surface area contributed by atoms with Crippen LogP contribution < -0.4 is 5.32 Å². The van der Waals surface area contributed by atoms with Crippen molar-refractivity contribution >= 4 is 5.97 Å². The molecule has 0 aromatic rings. The predicted molar refractivity (Wildman–Crippen MR) is 57.7 cm³/mol. The van der Waals surface area contributed by atoms with Crippen LogP contribution in [-0.2, 0) is 14.3 Å². The van der Waals surface area contributed by atoms with Gasteiger partial charge in [-0.15, -0.1) is 0 Å². The summed E-state index contributed by atoms with van der Waals surface area (Å²) in [7, 11) is 1.40. The van der Waals surface area contributed by atoms with Gasteiger partial charge in [0.2, 0.25) is 0 Å². The summed E-state index contributed by atoms with van der Waals surface area (Å²) < 4.78 is 10.4. The highest BCUT2D eigenvalue weighted by molar-refractivity contribution is 5.79. The van der Waals surface area contributed by atoms with Crippen LogP contribution in [0.1, 0.15) is 33.6 Å². The van der Waals surface area contributed by atoms with Crippen LogP contribution in [0.5, 0.6) is 0 Å². The van der Waals surface area contributed by atoms with Gasteiger partial charge in [0.1, 0.15) is 5.54 Å². The summed E-state index contributed by atoms with van der Waals surface area (Å²) in [5.74, 6) is -0.242. The van der Waals surface area contributed by atoms with Crippen molar-refractivity contribution in [1.29, 1.82) is 0 Å². The van der Waals surface area contributed by atoms with E-state index in [0.717, 1.165) is 12.8 Å². The summed E-state index contributed by atoms with van der Waals surface area (Å²) in [6, 6.07) is 0. The summed E-state index contributed by atoms with van der Waals surface area (Å²) in [6.45, 7) is 6.41. The Morgan fingerprint density at radius 2 is 2.20 bits per heavy atom. The Morgan fingerprint density at radius 3 is 2.67 bits per heavy atom. The molecule has 2 atom stereocenters. The Morgan fingerprint density at radius 1 is 1.53 bits per heavy atom. The first-order chi connectivity index (χ1) is 6.95. The molecule has 0 spiro atoms. The van der Waals surface area contributed by atoms with Gasteiger partial charge in [-0.3, -0.25) is 10.1 Å². The first-order valence-electron chi connectivity index (χ1n) is 5.44. The monoisotopic (exact) mass is 215 g/mol. The maximum Gasteiger partial charge on any atom is 0.325 e. The Labute approximate surface area is 91.3 Å². The lowest BCUT2D eigenvalue weighted by Crippen LogP contribution is -2.50. The van der Waals surface area contributed by atoms with E-state index in [9.17, 15) is 4.79 Å². The summed E-state index contributed by atoms with van der Waals surface area (Å²) in [4.78, 5) is 11.4. The topological polar surface area (TPSA) is 47.6 Å². The van der Waals surface area contributed by atoms with E-state index in [1.165, 1.54) is 7.11 Å². The van der Waals surface area contributed by atoms with Crippen LogP contribution in [0.15, 0.2) is 0 Å². The van der Waals surface area contributed by atoms with Crippen LogP contribution in [0.25, 0.3) is 0 Å². The Kier molecular flexibility index (Phi) is 4.11. The maximum atomic E-state index is 11.4. The van der Waals surface area contributed by atoms with Gasteiger partial charge in [0.05, 0.1) is 19.3 Å². The first-order valence-corrected chi connectivity index (χ1v) is 5.44. The van der Waals surface area contributed by atoms with Gasteiger partial charge in [-0.2, -0.15) is 0 Å². The molecule has 0 radical (unpaired) electrons. The van der Waals surface area contributed by atoms with E-state index in [1.807, 2.05) is 13.8 Å². The van der Waals surface area contributed by atoms with Crippen LogP contribution in [0.4, 0.5) is 0 Å². The molecule has 15 heavy (non-hydrogen) atoms. The molecule has 0 saturated carbocycles. The van der Waals surface area contributed by atoms with E-state index in [1.54, 1.807) is 0 Å². The van der Waals surface area contributed by atoms with Crippen molar-refractivity contribution < 1.29 is 14.3 Å². The first kappa shape index (κ1) is 12.5. The standard InChI is InChI=1S/C11H21NO3/c1-8-5-6-9(15-8)7-12-11(2,3)10(13)14-4/h8-9,12H,5-7H2,1-4H3. The van der Waals surface area contributed by atoms with Gasteiger partial charge in [0, 0.05) is 6.54 Å². The molecule has 1 fully saturated rings. The Balaban J connectivity index is 2.32. The Bertz CT molecular complexity index is 228. The SMILES string of the molecule is COC(=O)C(C)(C)NCC1CCC(C)O1. The smallest absolute Gasteiger partial charge is 0.325 e. The van der Waals surface area contributed by atoms with Crippen LogP contribution in [0.3, 0.4) is 0 Å². The fraction of sp³-hybridized carbons (Fsp3) is 0.909. The van der Waals surface area contributed by atoms with Crippen LogP contribution in [0, 0.1) is 0 Å². The van der Waals surface area contributed by atoms with Gasteiger partial charge in [-0.05, 0) is 33.6 Å². The lowest BCUT2D eigenvalue weighted by molar-refractivity contribution is -0.147. The number of carbonyl (C=O) groups excluding carboxylic acids is 1. The van der Waals surface area contributed by atoms with E-state index in [-0.39, 0.29) is 12.1 Å². The lowest BCUT2D eigenvalue weighted by atomic mass is 10.1. The number of ether oxygens (including phenoxy) is 2. The van der Waals surface area contributed by atoms with Crippen molar-refractivity contribution in [3.63, 3.8) is 0 Å². The van der Waals surface area contributed by atoms with Gasteiger partial charge in [-0.25, -0.2) is 0 Å². The molecule has 1 N–H and O–H groups in total. The van der Waals surface area contributed by atoms with E-state index in [4.69, 9.17) is 9.47 Å². The lowest BCUT2D eigenvalue weighted by Gasteiger charge is -2.25. The molecular weight excluding hydrogens is 194 g/mol. The number of rotatable bonds is 4. The molecule has 0 bridgehead atoms. The molecule has 2 unspecified atom stereocenters. The molecule has 1 heterocycles. The van der Waals surface area contributed by atoms with E-state index >= 15 is 0 Å². The van der Waals surface area contributed by atoms with Gasteiger partial charge in [-0.1, -0.05) is 0 Å². The molecule has 4 nitrogen and oxygen atoms in total. The summed E-state index contributed by atoms with van der Waals surface area (Å²) in [5, 5.41) is 3.17. The van der Waals surface area contributed by atoms with Crippen LogP contribution in [0.2, 0.25) is 0 Å². The second-order valence-corrected chi connectivity index (χ2v) is 4.64. The molecule has 0 aromatic heterocycles. The fourth-order valence-corrected chi connectivity index (χ4v) is 1.73. The number of methoxy groups -OCH3 is 1. The van der Waals surface area contributed by atoms with Crippen LogP contribution >= 0.6 is 0 Å². The van der Waals surface area contributed by atoms with Crippen LogP contribution in [-0.4, -0.2) is 37.4 Å². The van der Waals surface area contributed by atoms with Gasteiger partial charge in [0.15, 0.2) is 0 Å². The quantitative estimate of drug-likeness (QED) is 0.713. The zero-order valence-electron chi connectivity index (χ0n) is 10.0. The molecule has 0 aromatic carbocycles. The van der Waals surface area contributed by atoms with Gasteiger partial charge >= 0.3 is 5.97 Å². The van der Waals surface area contributed by atoms with Crippen molar-refractivity contribution in [3.8, 4) is 0 Å². The van der Waals surface area contributed by atoms with Crippen molar-refractivity contribution in [2.45, 2.75) is 51.4 Å². The zero-order valence-corrected chi connectivity index (χ0v) is 10.0. The fourth-order valence-electron chi connectivity index (χ4n) is 1.73. The largest absolute Gasteiger partial charge is 0.468 e. The third kappa shape index (κ3) is 3.47. The maximum absolute atomic E-state index is 11.4. The van der Waals surface area contributed by atoms with E-state index in [0.29, 0.717) is 12.6 Å². The molecule has 88 valence electrons. The number of nitrogens with one attached hydrogen (secondary N) is 1. The molecule has 4 heteroatoms. The van der Waals surface area contributed by atoms with Gasteiger partial charge in [0.25, 0.3) is 0 Å². The zero-order chi connectivity index (χ0) is 11.5. The summed E-state index contributed by atoms with van der Waals surface area (Å²) in [6.07, 6.45) is 2.73. The minimum absolute atomic E-state index is 0.226. The van der Waals surface area contributed by atoms with Crippen molar-refractivity contribution in [2.24, 2.45) is 0 Å². The highest BCUT2D eigenvalue weighted by Gasteiger charge is 2.30. The summed E-state index contributed by atoms with van der Waals surface area (Å²) in [5.41, 5.74) is -0.635. The molecule has 1 rings (SSSR count). The van der Waals surface area contributed by atoms with Gasteiger partial charge < -0.3 is 9.47 Å². The molecule has 0 amide bonds.